The molecule has 1 aromatic heterocycles. The van der Waals surface area contributed by atoms with E-state index in [2.05, 4.69) is 4.98 Å². The van der Waals surface area contributed by atoms with Crippen LogP contribution in [0.4, 0.5) is 0 Å². The minimum Gasteiger partial charge on any atom is -0.493 e. The average Bonchev–Trinajstić information content (AvgIpc) is 2.84. The Morgan fingerprint density at radius 1 is 1.37 bits per heavy atom. The Hall–Kier alpha value is -2.30. The topological polar surface area (TPSA) is 72.6 Å². The Balaban J connectivity index is 2.50. The molecule has 0 aliphatic rings. The summed E-state index contributed by atoms with van der Waals surface area (Å²) in [5, 5.41) is 9.06. The molecular weight excluding hydrogens is 246 g/mol. The van der Waals surface area contributed by atoms with E-state index in [0.29, 0.717) is 30.0 Å². The fraction of sp³-hybridized carbons (Fsp3) is 0.286. The number of hydrogen-bond acceptors (Lipinski definition) is 4. The Bertz CT molecular complexity index is 589. The SMILES string of the molecule is CCOc1ccccc1-c1nc(CC)c(C(=O)O)o1. The zero-order chi connectivity index (χ0) is 13.8. The first kappa shape index (κ1) is 13.1. The number of rotatable bonds is 5. The number of benzene rings is 1. The molecule has 5 nitrogen and oxygen atoms in total. The van der Waals surface area contributed by atoms with Gasteiger partial charge in [-0.25, -0.2) is 9.78 Å². The van der Waals surface area contributed by atoms with Crippen molar-refractivity contribution in [3.63, 3.8) is 0 Å². The number of aromatic carboxylic acids is 1. The van der Waals surface area contributed by atoms with Gasteiger partial charge in [-0.2, -0.15) is 0 Å². The van der Waals surface area contributed by atoms with E-state index in [-0.39, 0.29) is 11.7 Å². The molecule has 0 radical (unpaired) electrons. The van der Waals surface area contributed by atoms with Crippen molar-refractivity contribution in [3.8, 4) is 17.2 Å². The molecule has 0 saturated heterocycles. The van der Waals surface area contributed by atoms with Crippen molar-refractivity contribution in [2.45, 2.75) is 20.3 Å². The zero-order valence-electron chi connectivity index (χ0n) is 10.8. The number of aromatic nitrogens is 1. The summed E-state index contributed by atoms with van der Waals surface area (Å²) >= 11 is 0. The normalized spacial score (nSPS) is 10.4. The number of aryl methyl sites for hydroxylation is 1. The number of ether oxygens (including phenoxy) is 1. The number of oxazole rings is 1. The minimum absolute atomic E-state index is 0.108. The molecule has 0 atom stereocenters. The molecule has 0 fully saturated rings. The second kappa shape index (κ2) is 5.56. The maximum atomic E-state index is 11.1. The van der Waals surface area contributed by atoms with E-state index in [9.17, 15) is 4.79 Å². The molecule has 0 saturated carbocycles. The highest BCUT2D eigenvalue weighted by Crippen LogP contribution is 2.30. The summed E-state index contributed by atoms with van der Waals surface area (Å²) in [6.07, 6.45) is 0.502. The molecule has 1 aromatic carbocycles. The second-order valence-electron chi connectivity index (χ2n) is 3.88. The van der Waals surface area contributed by atoms with Gasteiger partial charge in [0.05, 0.1) is 17.9 Å². The van der Waals surface area contributed by atoms with Gasteiger partial charge in [0.1, 0.15) is 5.75 Å². The number of para-hydroxylation sites is 1. The second-order valence-corrected chi connectivity index (χ2v) is 3.88. The van der Waals surface area contributed by atoms with Crippen molar-refractivity contribution >= 4 is 5.97 Å². The van der Waals surface area contributed by atoms with E-state index in [0.717, 1.165) is 0 Å². The lowest BCUT2D eigenvalue weighted by Gasteiger charge is -2.06. The van der Waals surface area contributed by atoms with Crippen LogP contribution in [0.3, 0.4) is 0 Å². The van der Waals surface area contributed by atoms with Gasteiger partial charge in [0, 0.05) is 0 Å². The lowest BCUT2D eigenvalue weighted by atomic mass is 10.2. The van der Waals surface area contributed by atoms with Crippen LogP contribution in [0.1, 0.15) is 30.1 Å². The molecule has 5 heteroatoms. The first-order valence-electron chi connectivity index (χ1n) is 6.12. The zero-order valence-corrected chi connectivity index (χ0v) is 10.8. The summed E-state index contributed by atoms with van der Waals surface area (Å²) < 4.78 is 10.8. The highest BCUT2D eigenvalue weighted by Gasteiger charge is 2.20. The Morgan fingerprint density at radius 3 is 2.68 bits per heavy atom. The molecule has 100 valence electrons. The molecule has 0 bridgehead atoms. The maximum absolute atomic E-state index is 11.1. The Labute approximate surface area is 110 Å². The molecule has 0 aliphatic carbocycles. The number of hydrogen-bond donors (Lipinski definition) is 1. The van der Waals surface area contributed by atoms with E-state index in [1.54, 1.807) is 12.1 Å². The molecule has 1 heterocycles. The predicted octanol–water partition coefficient (Wildman–Crippen LogP) is 3.00. The lowest BCUT2D eigenvalue weighted by Crippen LogP contribution is -1.98. The van der Waals surface area contributed by atoms with Crippen molar-refractivity contribution in [3.05, 3.63) is 35.7 Å². The number of nitrogens with zero attached hydrogens (tertiary/aromatic N) is 1. The van der Waals surface area contributed by atoms with E-state index >= 15 is 0 Å². The van der Waals surface area contributed by atoms with Crippen molar-refractivity contribution in [1.29, 1.82) is 0 Å². The summed E-state index contributed by atoms with van der Waals surface area (Å²) in [5.74, 6) is -0.308. The van der Waals surface area contributed by atoms with Crippen molar-refractivity contribution in [2.75, 3.05) is 6.61 Å². The Morgan fingerprint density at radius 2 is 2.11 bits per heavy atom. The van der Waals surface area contributed by atoms with E-state index in [1.807, 2.05) is 26.0 Å². The number of carboxylic acids is 1. The van der Waals surface area contributed by atoms with Crippen LogP contribution >= 0.6 is 0 Å². The fourth-order valence-corrected chi connectivity index (χ4v) is 1.80. The molecule has 0 amide bonds. The van der Waals surface area contributed by atoms with Gasteiger partial charge in [0.2, 0.25) is 11.7 Å². The van der Waals surface area contributed by atoms with Crippen LogP contribution in [-0.4, -0.2) is 22.7 Å². The third kappa shape index (κ3) is 2.59. The van der Waals surface area contributed by atoms with Gasteiger partial charge in [-0.15, -0.1) is 0 Å². The van der Waals surface area contributed by atoms with Gasteiger partial charge in [-0.3, -0.25) is 0 Å². The fourth-order valence-electron chi connectivity index (χ4n) is 1.80. The largest absolute Gasteiger partial charge is 0.493 e. The summed E-state index contributed by atoms with van der Waals surface area (Å²) in [5.41, 5.74) is 1.10. The van der Waals surface area contributed by atoms with Crippen LogP contribution in [0, 0.1) is 0 Å². The smallest absolute Gasteiger partial charge is 0.373 e. The molecule has 0 unspecified atom stereocenters. The third-order valence-corrected chi connectivity index (χ3v) is 2.64. The van der Waals surface area contributed by atoms with Gasteiger partial charge in [0.15, 0.2) is 0 Å². The van der Waals surface area contributed by atoms with Gasteiger partial charge >= 0.3 is 5.97 Å². The number of carbonyl (C=O) groups is 1. The molecule has 1 N–H and O–H groups in total. The summed E-state index contributed by atoms with van der Waals surface area (Å²) in [6.45, 7) is 4.24. The third-order valence-electron chi connectivity index (χ3n) is 2.64. The van der Waals surface area contributed by atoms with Gasteiger partial charge < -0.3 is 14.3 Å². The van der Waals surface area contributed by atoms with E-state index < -0.39 is 5.97 Å². The minimum atomic E-state index is -1.11. The van der Waals surface area contributed by atoms with Crippen molar-refractivity contribution < 1.29 is 19.1 Å². The molecule has 19 heavy (non-hydrogen) atoms. The van der Waals surface area contributed by atoms with Gasteiger partial charge in [0.25, 0.3) is 0 Å². The summed E-state index contributed by atoms with van der Waals surface area (Å²) in [6, 6.07) is 7.27. The lowest BCUT2D eigenvalue weighted by molar-refractivity contribution is 0.0661. The van der Waals surface area contributed by atoms with Crippen molar-refractivity contribution in [1.82, 2.24) is 4.98 Å². The standard InChI is InChI=1S/C14H15NO4/c1-3-10-12(14(16)17)19-13(15-10)9-7-5-6-8-11(9)18-4-2/h5-8H,3-4H2,1-2H3,(H,16,17). The predicted molar refractivity (Wildman–Crippen MR) is 69.4 cm³/mol. The maximum Gasteiger partial charge on any atom is 0.373 e. The molecule has 2 aromatic rings. The molecule has 0 aliphatic heterocycles. The summed E-state index contributed by atoms with van der Waals surface area (Å²) in [7, 11) is 0. The average molecular weight is 261 g/mol. The van der Waals surface area contributed by atoms with Crippen LogP contribution in [0.15, 0.2) is 28.7 Å². The van der Waals surface area contributed by atoms with Crippen LogP contribution in [-0.2, 0) is 6.42 Å². The van der Waals surface area contributed by atoms with Gasteiger partial charge in [-0.05, 0) is 25.5 Å². The highest BCUT2D eigenvalue weighted by atomic mass is 16.5. The first-order chi connectivity index (χ1) is 9.17. The quantitative estimate of drug-likeness (QED) is 0.895. The van der Waals surface area contributed by atoms with E-state index in [1.165, 1.54) is 0 Å². The molecule has 0 spiro atoms. The van der Waals surface area contributed by atoms with Crippen LogP contribution in [0.25, 0.3) is 11.5 Å². The van der Waals surface area contributed by atoms with Crippen LogP contribution in [0.2, 0.25) is 0 Å². The summed E-state index contributed by atoms with van der Waals surface area (Å²) in [4.78, 5) is 15.3. The Kier molecular flexibility index (Phi) is 3.85. The van der Waals surface area contributed by atoms with Crippen molar-refractivity contribution in [2.24, 2.45) is 0 Å². The first-order valence-corrected chi connectivity index (χ1v) is 6.12. The molecular formula is C14H15NO4. The molecule has 2 rings (SSSR count). The van der Waals surface area contributed by atoms with Gasteiger partial charge in [-0.1, -0.05) is 19.1 Å². The number of carboxylic acid groups (broad SMARTS) is 1. The highest BCUT2D eigenvalue weighted by molar-refractivity contribution is 5.86. The monoisotopic (exact) mass is 261 g/mol. The van der Waals surface area contributed by atoms with Crippen LogP contribution in [0.5, 0.6) is 5.75 Å². The van der Waals surface area contributed by atoms with Crippen LogP contribution < -0.4 is 4.74 Å². The van der Waals surface area contributed by atoms with E-state index in [4.69, 9.17) is 14.3 Å².